The topological polar surface area (TPSA) is 26.0 Å². The lowest BCUT2D eigenvalue weighted by Gasteiger charge is -2.02. The van der Waals surface area contributed by atoms with Crippen molar-refractivity contribution in [3.63, 3.8) is 0 Å². The molecule has 0 atom stereocenters. The second-order valence-corrected chi connectivity index (χ2v) is 4.76. The lowest BCUT2D eigenvalue weighted by atomic mass is 10.1. The lowest BCUT2D eigenvalue weighted by molar-refractivity contribution is 0.547. The molecule has 0 amide bonds. The SMILES string of the molecule is C=CCCCCCCCCCCCCCN.Cl. The van der Waals surface area contributed by atoms with Crippen LogP contribution in [0.25, 0.3) is 0 Å². The van der Waals surface area contributed by atoms with Gasteiger partial charge in [-0.1, -0.05) is 63.9 Å². The van der Waals surface area contributed by atoms with Crippen LogP contribution in [0.3, 0.4) is 0 Å². The van der Waals surface area contributed by atoms with Gasteiger partial charge in [0.05, 0.1) is 0 Å². The zero-order valence-corrected chi connectivity index (χ0v) is 12.3. The third kappa shape index (κ3) is 18.5. The van der Waals surface area contributed by atoms with Gasteiger partial charge in [0.15, 0.2) is 0 Å². The number of allylic oxidation sites excluding steroid dienone is 1. The molecule has 0 aliphatic carbocycles. The van der Waals surface area contributed by atoms with E-state index in [4.69, 9.17) is 5.73 Å². The number of unbranched alkanes of at least 4 members (excludes halogenated alkanes) is 11. The molecule has 17 heavy (non-hydrogen) atoms. The van der Waals surface area contributed by atoms with Gasteiger partial charge in [-0.25, -0.2) is 0 Å². The highest BCUT2D eigenvalue weighted by atomic mass is 35.5. The summed E-state index contributed by atoms with van der Waals surface area (Å²) < 4.78 is 0. The summed E-state index contributed by atoms with van der Waals surface area (Å²) in [6.07, 6.45) is 18.4. The molecule has 0 aromatic rings. The fourth-order valence-electron chi connectivity index (χ4n) is 2.02. The quantitative estimate of drug-likeness (QED) is 0.356. The summed E-state index contributed by atoms with van der Waals surface area (Å²) in [6.45, 7) is 4.61. The maximum absolute atomic E-state index is 5.45. The van der Waals surface area contributed by atoms with Crippen LogP contribution in [-0.4, -0.2) is 6.54 Å². The summed E-state index contributed by atoms with van der Waals surface area (Å²) in [5.74, 6) is 0. The van der Waals surface area contributed by atoms with Gasteiger partial charge in [0.2, 0.25) is 0 Å². The maximum Gasteiger partial charge on any atom is -0.00773 e. The molecule has 2 heteroatoms. The van der Waals surface area contributed by atoms with Crippen molar-refractivity contribution in [2.24, 2.45) is 5.73 Å². The predicted octanol–water partition coefficient (Wildman–Crippen LogP) is 5.23. The summed E-state index contributed by atoms with van der Waals surface area (Å²) in [4.78, 5) is 0. The third-order valence-corrected chi connectivity index (χ3v) is 3.11. The second-order valence-electron chi connectivity index (χ2n) is 4.76. The third-order valence-electron chi connectivity index (χ3n) is 3.11. The highest BCUT2D eigenvalue weighted by Crippen LogP contribution is 2.11. The monoisotopic (exact) mass is 261 g/mol. The molecule has 0 rings (SSSR count). The fraction of sp³-hybridized carbons (Fsp3) is 0.867. The zero-order chi connectivity index (χ0) is 11.9. The average molecular weight is 262 g/mol. The van der Waals surface area contributed by atoms with Crippen LogP contribution in [-0.2, 0) is 0 Å². The maximum atomic E-state index is 5.45. The Bertz CT molecular complexity index is 137. The van der Waals surface area contributed by atoms with Crippen LogP contribution in [0, 0.1) is 0 Å². The van der Waals surface area contributed by atoms with Crippen LogP contribution in [0.5, 0.6) is 0 Å². The number of rotatable bonds is 13. The van der Waals surface area contributed by atoms with E-state index >= 15 is 0 Å². The van der Waals surface area contributed by atoms with E-state index in [9.17, 15) is 0 Å². The van der Waals surface area contributed by atoms with Crippen molar-refractivity contribution in [1.29, 1.82) is 0 Å². The lowest BCUT2D eigenvalue weighted by Crippen LogP contribution is -1.97. The molecule has 1 nitrogen and oxygen atoms in total. The molecule has 0 aliphatic rings. The van der Waals surface area contributed by atoms with Gasteiger partial charge in [-0.05, 0) is 25.8 Å². The number of hydrogen-bond acceptors (Lipinski definition) is 1. The Morgan fingerprint density at radius 2 is 1.00 bits per heavy atom. The molecular weight excluding hydrogens is 230 g/mol. The van der Waals surface area contributed by atoms with Crippen molar-refractivity contribution >= 4 is 12.4 Å². The summed E-state index contributed by atoms with van der Waals surface area (Å²) in [5.41, 5.74) is 5.45. The van der Waals surface area contributed by atoms with Crippen LogP contribution in [0.1, 0.15) is 77.0 Å². The summed E-state index contributed by atoms with van der Waals surface area (Å²) in [7, 11) is 0. The van der Waals surface area contributed by atoms with Gasteiger partial charge in [-0.3, -0.25) is 0 Å². The van der Waals surface area contributed by atoms with Gasteiger partial charge in [0.1, 0.15) is 0 Å². The minimum atomic E-state index is 0. The highest BCUT2D eigenvalue weighted by molar-refractivity contribution is 5.85. The van der Waals surface area contributed by atoms with Crippen LogP contribution in [0.4, 0.5) is 0 Å². The Labute approximate surface area is 115 Å². The number of nitrogens with two attached hydrogens (primary N) is 1. The fourth-order valence-corrected chi connectivity index (χ4v) is 2.02. The molecule has 0 saturated carbocycles. The van der Waals surface area contributed by atoms with Crippen molar-refractivity contribution in [2.75, 3.05) is 6.54 Å². The van der Waals surface area contributed by atoms with E-state index in [1.165, 1.54) is 77.0 Å². The second kappa shape index (κ2) is 18.4. The van der Waals surface area contributed by atoms with E-state index in [0.717, 1.165) is 6.54 Å². The number of hydrogen-bond donors (Lipinski definition) is 1. The minimum Gasteiger partial charge on any atom is -0.330 e. The van der Waals surface area contributed by atoms with E-state index in [2.05, 4.69) is 6.58 Å². The zero-order valence-electron chi connectivity index (χ0n) is 11.5. The predicted molar refractivity (Wildman–Crippen MR) is 81.9 cm³/mol. The molecule has 2 N–H and O–H groups in total. The largest absolute Gasteiger partial charge is 0.330 e. The molecule has 104 valence electrons. The highest BCUT2D eigenvalue weighted by Gasteiger charge is 1.92. The molecule has 0 saturated heterocycles. The van der Waals surface area contributed by atoms with Crippen molar-refractivity contribution in [2.45, 2.75) is 77.0 Å². The Morgan fingerprint density at radius 3 is 1.35 bits per heavy atom. The number of halogens is 1. The Kier molecular flexibility index (Phi) is 20.9. The summed E-state index contributed by atoms with van der Waals surface area (Å²) in [5, 5.41) is 0. The Balaban J connectivity index is 0. The van der Waals surface area contributed by atoms with Crippen LogP contribution in [0.15, 0.2) is 12.7 Å². The minimum absolute atomic E-state index is 0. The van der Waals surface area contributed by atoms with Crippen LogP contribution < -0.4 is 5.73 Å². The van der Waals surface area contributed by atoms with Gasteiger partial charge >= 0.3 is 0 Å². The van der Waals surface area contributed by atoms with E-state index < -0.39 is 0 Å². The first-order valence-corrected chi connectivity index (χ1v) is 7.22. The normalized spacial score (nSPS) is 9.94. The molecule has 0 fully saturated rings. The molecular formula is C15H32ClN. The first-order valence-electron chi connectivity index (χ1n) is 7.22. The standard InChI is InChI=1S/C15H31N.ClH/c1-2-3-4-5-6-7-8-9-10-11-12-13-14-15-16;/h2H,1,3-16H2;1H. The van der Waals surface area contributed by atoms with E-state index in [0.29, 0.717) is 0 Å². The molecule has 0 bridgehead atoms. The van der Waals surface area contributed by atoms with Crippen LogP contribution >= 0.6 is 12.4 Å². The summed E-state index contributed by atoms with van der Waals surface area (Å²) in [6, 6.07) is 0. The van der Waals surface area contributed by atoms with Gasteiger partial charge in [0, 0.05) is 0 Å². The molecule has 0 spiro atoms. The first-order chi connectivity index (χ1) is 7.91. The van der Waals surface area contributed by atoms with Crippen molar-refractivity contribution in [1.82, 2.24) is 0 Å². The first kappa shape index (κ1) is 19.3. The molecule has 0 radical (unpaired) electrons. The smallest absolute Gasteiger partial charge is 0.00773 e. The van der Waals surface area contributed by atoms with Crippen molar-refractivity contribution in [3.05, 3.63) is 12.7 Å². The van der Waals surface area contributed by atoms with E-state index in [1.54, 1.807) is 0 Å². The average Bonchev–Trinajstić information content (AvgIpc) is 2.31. The van der Waals surface area contributed by atoms with Gasteiger partial charge in [-0.15, -0.1) is 19.0 Å². The van der Waals surface area contributed by atoms with Gasteiger partial charge in [-0.2, -0.15) is 0 Å². The van der Waals surface area contributed by atoms with E-state index in [-0.39, 0.29) is 12.4 Å². The van der Waals surface area contributed by atoms with E-state index in [1.807, 2.05) is 6.08 Å². The molecule has 0 aliphatic heterocycles. The molecule has 0 aromatic carbocycles. The van der Waals surface area contributed by atoms with Crippen molar-refractivity contribution < 1.29 is 0 Å². The molecule has 0 unspecified atom stereocenters. The Hall–Kier alpha value is -0.0100. The molecule has 0 heterocycles. The van der Waals surface area contributed by atoms with Gasteiger partial charge < -0.3 is 5.73 Å². The Morgan fingerprint density at radius 1 is 0.647 bits per heavy atom. The summed E-state index contributed by atoms with van der Waals surface area (Å²) >= 11 is 0. The van der Waals surface area contributed by atoms with Crippen molar-refractivity contribution in [3.8, 4) is 0 Å². The molecule has 0 aromatic heterocycles. The van der Waals surface area contributed by atoms with Crippen LogP contribution in [0.2, 0.25) is 0 Å². The van der Waals surface area contributed by atoms with Gasteiger partial charge in [0.25, 0.3) is 0 Å².